The van der Waals surface area contributed by atoms with Gasteiger partial charge >= 0.3 is 6.03 Å². The first-order valence-electron chi connectivity index (χ1n) is 5.45. The maximum atomic E-state index is 11.3. The van der Waals surface area contributed by atoms with E-state index in [0.717, 1.165) is 11.1 Å². The van der Waals surface area contributed by atoms with Crippen molar-refractivity contribution in [3.8, 4) is 0 Å². The van der Waals surface area contributed by atoms with Crippen LogP contribution in [0.1, 0.15) is 11.1 Å². The molecule has 0 atom stereocenters. The van der Waals surface area contributed by atoms with Gasteiger partial charge < -0.3 is 15.4 Å². The van der Waals surface area contributed by atoms with E-state index in [4.69, 9.17) is 4.74 Å². The molecule has 0 spiro atoms. The first kappa shape index (κ1) is 13.3. The number of amides is 2. The molecule has 2 N–H and O–H groups in total. The molecular weight excluding hydrogens is 216 g/mol. The molecule has 0 bridgehead atoms. The summed E-state index contributed by atoms with van der Waals surface area (Å²) in [5, 5.41) is 5.40. The molecule has 0 unspecified atom stereocenters. The third-order valence-corrected chi connectivity index (χ3v) is 2.19. The molecule has 0 saturated carbocycles. The second kappa shape index (κ2) is 7.46. The van der Waals surface area contributed by atoms with Gasteiger partial charge in [-0.25, -0.2) is 4.79 Å². The molecule has 1 aromatic rings. The van der Waals surface area contributed by atoms with Crippen LogP contribution in [0.3, 0.4) is 0 Å². The number of hydrogen-bond donors (Lipinski definition) is 2. The molecule has 4 nitrogen and oxygen atoms in total. The predicted molar refractivity (Wildman–Crippen MR) is 67.6 cm³/mol. The van der Waals surface area contributed by atoms with Crippen LogP contribution in [-0.4, -0.2) is 19.7 Å². The Balaban J connectivity index is 2.36. The van der Waals surface area contributed by atoms with Gasteiger partial charge in [-0.3, -0.25) is 0 Å². The zero-order valence-corrected chi connectivity index (χ0v) is 10.0. The lowest BCUT2D eigenvalue weighted by Crippen LogP contribution is -2.34. The van der Waals surface area contributed by atoms with E-state index in [2.05, 4.69) is 17.2 Å². The number of carbonyl (C=O) groups excluding carboxylic acids is 1. The van der Waals surface area contributed by atoms with E-state index in [1.54, 1.807) is 13.2 Å². The molecule has 0 fully saturated rings. The fourth-order valence-corrected chi connectivity index (χ4v) is 1.33. The minimum Gasteiger partial charge on any atom is -0.380 e. The summed E-state index contributed by atoms with van der Waals surface area (Å²) in [7, 11) is 1.67. The minimum atomic E-state index is -0.189. The molecule has 92 valence electrons. The lowest BCUT2D eigenvalue weighted by atomic mass is 10.1. The number of benzene rings is 1. The van der Waals surface area contributed by atoms with E-state index in [0.29, 0.717) is 19.7 Å². The minimum absolute atomic E-state index is 0.189. The Morgan fingerprint density at radius 1 is 1.29 bits per heavy atom. The number of hydrogen-bond acceptors (Lipinski definition) is 2. The van der Waals surface area contributed by atoms with Gasteiger partial charge in [0.1, 0.15) is 0 Å². The van der Waals surface area contributed by atoms with Gasteiger partial charge in [-0.2, -0.15) is 0 Å². The number of ether oxygens (including phenoxy) is 1. The average Bonchev–Trinajstić information content (AvgIpc) is 2.36. The van der Waals surface area contributed by atoms with Crippen molar-refractivity contribution in [2.45, 2.75) is 13.2 Å². The second-order valence-electron chi connectivity index (χ2n) is 3.60. The topological polar surface area (TPSA) is 50.4 Å². The predicted octanol–water partition coefficient (Wildman–Crippen LogP) is 1.82. The highest BCUT2D eigenvalue weighted by atomic mass is 16.5. The number of rotatable bonds is 6. The standard InChI is InChI=1S/C13H18N2O2/c1-3-8-14-13(16)15-9-11-4-6-12(7-5-11)10-17-2/h3-7H,1,8-10H2,2H3,(H2,14,15,16). The number of nitrogens with one attached hydrogen (secondary N) is 2. The summed E-state index contributed by atoms with van der Waals surface area (Å²) >= 11 is 0. The zero-order chi connectivity index (χ0) is 12.5. The van der Waals surface area contributed by atoms with Crippen molar-refractivity contribution in [1.29, 1.82) is 0 Å². The van der Waals surface area contributed by atoms with Crippen molar-refractivity contribution in [2.24, 2.45) is 0 Å². The first-order chi connectivity index (χ1) is 8.26. The third kappa shape index (κ3) is 5.17. The molecule has 4 heteroatoms. The van der Waals surface area contributed by atoms with Gasteiger partial charge in [0.15, 0.2) is 0 Å². The Morgan fingerprint density at radius 3 is 2.53 bits per heavy atom. The van der Waals surface area contributed by atoms with Crippen LogP contribution in [-0.2, 0) is 17.9 Å². The zero-order valence-electron chi connectivity index (χ0n) is 10.0. The van der Waals surface area contributed by atoms with E-state index < -0.39 is 0 Å². The molecular formula is C13H18N2O2. The van der Waals surface area contributed by atoms with E-state index >= 15 is 0 Å². The highest BCUT2D eigenvalue weighted by Crippen LogP contribution is 2.05. The fourth-order valence-electron chi connectivity index (χ4n) is 1.33. The van der Waals surface area contributed by atoms with Crippen LogP contribution in [0.25, 0.3) is 0 Å². The SMILES string of the molecule is C=CCNC(=O)NCc1ccc(COC)cc1. The average molecular weight is 234 g/mol. The van der Waals surface area contributed by atoms with E-state index in [-0.39, 0.29) is 6.03 Å². The Labute approximate surface area is 102 Å². The lowest BCUT2D eigenvalue weighted by molar-refractivity contribution is 0.185. The summed E-state index contributed by atoms with van der Waals surface area (Å²) in [4.78, 5) is 11.3. The Hall–Kier alpha value is -1.81. The van der Waals surface area contributed by atoms with E-state index in [9.17, 15) is 4.79 Å². The van der Waals surface area contributed by atoms with Gasteiger partial charge in [0, 0.05) is 20.2 Å². The third-order valence-electron chi connectivity index (χ3n) is 2.19. The molecule has 1 aromatic carbocycles. The summed E-state index contributed by atoms with van der Waals surface area (Å²) < 4.78 is 5.02. The fraction of sp³-hybridized carbons (Fsp3) is 0.308. The van der Waals surface area contributed by atoms with E-state index in [1.807, 2.05) is 24.3 Å². The quantitative estimate of drug-likeness (QED) is 0.738. The molecule has 0 saturated heterocycles. The summed E-state index contributed by atoms with van der Waals surface area (Å²) in [6.45, 7) is 5.11. The van der Waals surface area contributed by atoms with Crippen molar-refractivity contribution in [1.82, 2.24) is 10.6 Å². The van der Waals surface area contributed by atoms with Crippen LogP contribution in [0.2, 0.25) is 0 Å². The molecule has 2 amide bonds. The van der Waals surface area contributed by atoms with E-state index in [1.165, 1.54) is 0 Å². The van der Waals surface area contributed by atoms with Crippen LogP contribution in [0, 0.1) is 0 Å². The molecule has 0 aromatic heterocycles. The molecule has 0 aliphatic heterocycles. The van der Waals surface area contributed by atoms with Gasteiger partial charge in [0.2, 0.25) is 0 Å². The van der Waals surface area contributed by atoms with Crippen LogP contribution in [0.5, 0.6) is 0 Å². The molecule has 0 radical (unpaired) electrons. The largest absolute Gasteiger partial charge is 0.380 e. The van der Waals surface area contributed by atoms with Crippen molar-refractivity contribution in [2.75, 3.05) is 13.7 Å². The van der Waals surface area contributed by atoms with Crippen molar-refractivity contribution in [3.05, 3.63) is 48.0 Å². The molecule has 0 aliphatic rings. The van der Waals surface area contributed by atoms with Gasteiger partial charge in [-0.1, -0.05) is 30.3 Å². The molecule has 0 heterocycles. The second-order valence-corrected chi connectivity index (χ2v) is 3.60. The highest BCUT2D eigenvalue weighted by molar-refractivity contribution is 5.73. The maximum Gasteiger partial charge on any atom is 0.315 e. The number of urea groups is 1. The maximum absolute atomic E-state index is 11.3. The summed E-state index contributed by atoms with van der Waals surface area (Å²) in [5.74, 6) is 0. The van der Waals surface area contributed by atoms with Gasteiger partial charge in [0.25, 0.3) is 0 Å². The monoisotopic (exact) mass is 234 g/mol. The molecule has 17 heavy (non-hydrogen) atoms. The van der Waals surface area contributed by atoms with Crippen LogP contribution in [0.4, 0.5) is 4.79 Å². The Bertz CT molecular complexity index is 360. The number of carbonyl (C=O) groups is 1. The van der Waals surface area contributed by atoms with Crippen LogP contribution < -0.4 is 10.6 Å². The number of methoxy groups -OCH3 is 1. The first-order valence-corrected chi connectivity index (χ1v) is 5.45. The molecule has 1 rings (SSSR count). The lowest BCUT2D eigenvalue weighted by Gasteiger charge is -2.06. The Morgan fingerprint density at radius 2 is 1.94 bits per heavy atom. The Kier molecular flexibility index (Phi) is 5.82. The van der Waals surface area contributed by atoms with Crippen molar-refractivity contribution < 1.29 is 9.53 Å². The summed E-state index contributed by atoms with van der Waals surface area (Å²) in [6, 6.07) is 7.74. The van der Waals surface area contributed by atoms with Crippen molar-refractivity contribution in [3.63, 3.8) is 0 Å². The smallest absolute Gasteiger partial charge is 0.315 e. The van der Waals surface area contributed by atoms with Gasteiger partial charge in [-0.15, -0.1) is 6.58 Å². The van der Waals surface area contributed by atoms with Crippen LogP contribution in [0.15, 0.2) is 36.9 Å². The normalized spacial score (nSPS) is 9.71. The van der Waals surface area contributed by atoms with Gasteiger partial charge in [0.05, 0.1) is 6.61 Å². The van der Waals surface area contributed by atoms with Gasteiger partial charge in [-0.05, 0) is 11.1 Å². The van der Waals surface area contributed by atoms with Crippen LogP contribution >= 0.6 is 0 Å². The highest BCUT2D eigenvalue weighted by Gasteiger charge is 1.98. The van der Waals surface area contributed by atoms with Crippen molar-refractivity contribution >= 4 is 6.03 Å². The molecule has 0 aliphatic carbocycles. The summed E-state index contributed by atoms with van der Waals surface area (Å²) in [5.41, 5.74) is 2.17. The summed E-state index contributed by atoms with van der Waals surface area (Å²) in [6.07, 6.45) is 1.64.